The summed E-state index contributed by atoms with van der Waals surface area (Å²) in [6, 6.07) is 6.96. The minimum absolute atomic E-state index is 0.126. The lowest BCUT2D eigenvalue weighted by molar-refractivity contribution is 0.481. The van der Waals surface area contributed by atoms with E-state index in [0.29, 0.717) is 6.07 Å². The number of hydrogen-bond acceptors (Lipinski definition) is 6. The Morgan fingerprint density at radius 2 is 1.65 bits per heavy atom. The van der Waals surface area contributed by atoms with Crippen molar-refractivity contribution in [3.63, 3.8) is 0 Å². The molecule has 0 aliphatic rings. The molecule has 0 fully saturated rings. The minimum atomic E-state index is -1.06. The van der Waals surface area contributed by atoms with Crippen LogP contribution >= 0.6 is 0 Å². The first-order valence-electron chi connectivity index (χ1n) is 5.21. The van der Waals surface area contributed by atoms with Gasteiger partial charge >= 0.3 is 0 Å². The number of nitrogens with one attached hydrogen (secondary N) is 1. The van der Waals surface area contributed by atoms with Crippen LogP contribution in [0.1, 0.15) is 16.7 Å². The zero-order chi connectivity index (χ0) is 14.9. The summed E-state index contributed by atoms with van der Waals surface area (Å²) < 4.78 is 0. The molecule has 2 N–H and O–H groups in total. The molecule has 0 aliphatic heterocycles. The Morgan fingerprint density at radius 3 is 2.20 bits per heavy atom. The molecule has 20 heavy (non-hydrogen) atoms. The van der Waals surface area contributed by atoms with E-state index in [2.05, 4.69) is 4.98 Å². The summed E-state index contributed by atoms with van der Waals surface area (Å²) in [5, 5.41) is 36.8. The highest BCUT2D eigenvalue weighted by Crippen LogP contribution is 2.28. The Balaban J connectivity index is 3.34. The molecule has 1 aromatic carbocycles. The molecule has 0 saturated carbocycles. The van der Waals surface area contributed by atoms with Crippen molar-refractivity contribution in [1.29, 1.82) is 15.8 Å². The summed E-state index contributed by atoms with van der Waals surface area (Å²) in [6.45, 7) is 0. The number of nitrogens with zero attached hydrogens (tertiary/aromatic N) is 3. The Morgan fingerprint density at radius 1 is 1.00 bits per heavy atom. The van der Waals surface area contributed by atoms with Crippen molar-refractivity contribution in [3.05, 3.63) is 49.4 Å². The summed E-state index contributed by atoms with van der Waals surface area (Å²) in [5.41, 5.74) is -2.78. The number of nitriles is 3. The van der Waals surface area contributed by atoms with Crippen LogP contribution < -0.4 is 11.0 Å². The first-order valence-corrected chi connectivity index (χ1v) is 5.21. The second-order valence-corrected chi connectivity index (χ2v) is 3.78. The van der Waals surface area contributed by atoms with Crippen LogP contribution in [0.2, 0.25) is 0 Å². The Bertz CT molecular complexity index is 984. The van der Waals surface area contributed by atoms with Crippen molar-refractivity contribution in [2.45, 2.75) is 0 Å². The molecule has 7 heteroatoms. The lowest BCUT2D eigenvalue weighted by atomic mass is 10.00. The third-order valence-corrected chi connectivity index (χ3v) is 2.67. The fourth-order valence-corrected chi connectivity index (χ4v) is 1.80. The molecule has 94 valence electrons. The number of aromatic hydroxyl groups is 1. The van der Waals surface area contributed by atoms with E-state index < -0.39 is 16.7 Å². The van der Waals surface area contributed by atoms with Gasteiger partial charge in [-0.25, -0.2) is 0 Å². The minimum Gasteiger partial charge on any atom is -0.507 e. The number of fused-ring (bicyclic) bond motifs is 1. The van der Waals surface area contributed by atoms with Crippen LogP contribution in [0, 0.1) is 34.0 Å². The van der Waals surface area contributed by atoms with Crippen LogP contribution in [0.4, 0.5) is 0 Å². The third-order valence-electron chi connectivity index (χ3n) is 2.67. The molecule has 0 amide bonds. The number of benzene rings is 1. The molecule has 1 heterocycles. The molecule has 0 bridgehead atoms. The molecule has 1 aromatic heterocycles. The molecule has 0 unspecified atom stereocenters. The number of aromatic nitrogens is 1. The predicted octanol–water partition coefficient (Wildman–Crippen LogP) is 0.209. The van der Waals surface area contributed by atoms with Gasteiger partial charge in [-0.05, 0) is 6.07 Å². The Labute approximate surface area is 111 Å². The molecular formula is C13H4N4O3. The zero-order valence-corrected chi connectivity index (χ0v) is 9.76. The van der Waals surface area contributed by atoms with E-state index in [9.17, 15) is 14.7 Å². The van der Waals surface area contributed by atoms with E-state index in [1.54, 1.807) is 18.2 Å². The van der Waals surface area contributed by atoms with Gasteiger partial charge in [0.1, 0.15) is 24.0 Å². The van der Waals surface area contributed by atoms with Crippen molar-refractivity contribution >= 4 is 10.9 Å². The molecule has 2 aromatic rings. The lowest BCUT2D eigenvalue weighted by Crippen LogP contribution is -2.22. The fourth-order valence-electron chi connectivity index (χ4n) is 1.80. The average molecular weight is 264 g/mol. The van der Waals surface area contributed by atoms with E-state index in [4.69, 9.17) is 15.8 Å². The number of H-pyrrole nitrogens is 1. The molecule has 0 atom stereocenters. The summed E-state index contributed by atoms with van der Waals surface area (Å²) in [7, 11) is 0. The summed E-state index contributed by atoms with van der Waals surface area (Å²) >= 11 is 0. The van der Waals surface area contributed by atoms with Gasteiger partial charge in [-0.15, -0.1) is 0 Å². The van der Waals surface area contributed by atoms with Gasteiger partial charge in [-0.1, -0.05) is 0 Å². The maximum atomic E-state index is 11.5. The number of rotatable bonds is 0. The van der Waals surface area contributed by atoms with Crippen LogP contribution in [0.15, 0.2) is 21.7 Å². The zero-order valence-electron chi connectivity index (χ0n) is 9.76. The fraction of sp³-hybridized carbons (Fsp3) is 0. The molecule has 2 rings (SSSR count). The van der Waals surface area contributed by atoms with E-state index in [1.165, 1.54) is 0 Å². The Hall–Kier alpha value is -3.63. The predicted molar refractivity (Wildman–Crippen MR) is 66.6 cm³/mol. The molecule has 0 saturated heterocycles. The highest BCUT2D eigenvalue weighted by Gasteiger charge is 2.16. The summed E-state index contributed by atoms with van der Waals surface area (Å²) in [6.07, 6.45) is 0. The topological polar surface area (TPSA) is 142 Å². The molecule has 0 spiro atoms. The van der Waals surface area contributed by atoms with Gasteiger partial charge in [0.2, 0.25) is 5.43 Å². The van der Waals surface area contributed by atoms with Crippen molar-refractivity contribution < 1.29 is 5.11 Å². The normalized spacial score (nSPS) is 9.45. The second kappa shape index (κ2) is 4.56. The monoisotopic (exact) mass is 264 g/mol. The van der Waals surface area contributed by atoms with Crippen molar-refractivity contribution in [2.24, 2.45) is 0 Å². The first-order chi connectivity index (χ1) is 9.53. The highest BCUT2D eigenvalue weighted by molar-refractivity contribution is 5.95. The third kappa shape index (κ3) is 1.74. The standard InChI is InChI=1S/C13H4N4O3/c14-3-6-1-7(4-15)11-9(18)2-10(19)13(20)17-12(11)8(6)5-16/h1-2,18H,(H,17,19,20). The summed E-state index contributed by atoms with van der Waals surface area (Å²) in [5.74, 6) is -0.610. The molecular weight excluding hydrogens is 260 g/mol. The Kier molecular flexibility index (Phi) is 2.93. The van der Waals surface area contributed by atoms with Gasteiger partial charge in [-0.3, -0.25) is 9.59 Å². The van der Waals surface area contributed by atoms with Crippen molar-refractivity contribution in [1.82, 2.24) is 4.98 Å². The van der Waals surface area contributed by atoms with Gasteiger partial charge in [0.25, 0.3) is 5.56 Å². The van der Waals surface area contributed by atoms with E-state index in [0.717, 1.165) is 6.07 Å². The summed E-state index contributed by atoms with van der Waals surface area (Å²) in [4.78, 5) is 25.0. The average Bonchev–Trinajstić information content (AvgIpc) is 2.55. The molecule has 7 nitrogen and oxygen atoms in total. The van der Waals surface area contributed by atoms with Gasteiger partial charge < -0.3 is 10.1 Å². The van der Waals surface area contributed by atoms with E-state index in [1.807, 2.05) is 0 Å². The maximum Gasteiger partial charge on any atom is 0.296 e. The molecule has 0 radical (unpaired) electrons. The van der Waals surface area contributed by atoms with Crippen LogP contribution in [0.5, 0.6) is 5.75 Å². The van der Waals surface area contributed by atoms with Gasteiger partial charge in [0.15, 0.2) is 0 Å². The first kappa shape index (κ1) is 12.8. The van der Waals surface area contributed by atoms with Crippen LogP contribution in [0.3, 0.4) is 0 Å². The largest absolute Gasteiger partial charge is 0.507 e. The lowest BCUT2D eigenvalue weighted by Gasteiger charge is -2.02. The van der Waals surface area contributed by atoms with Crippen LogP contribution in [0.25, 0.3) is 10.9 Å². The second-order valence-electron chi connectivity index (χ2n) is 3.78. The van der Waals surface area contributed by atoms with Gasteiger partial charge in [-0.2, -0.15) is 15.8 Å². The smallest absolute Gasteiger partial charge is 0.296 e. The number of hydrogen-bond donors (Lipinski definition) is 2. The molecule has 0 aliphatic carbocycles. The number of aromatic amines is 1. The van der Waals surface area contributed by atoms with E-state index >= 15 is 0 Å². The van der Waals surface area contributed by atoms with Crippen molar-refractivity contribution in [2.75, 3.05) is 0 Å². The van der Waals surface area contributed by atoms with Gasteiger partial charge in [0.05, 0.1) is 27.6 Å². The maximum absolute atomic E-state index is 11.5. The SMILES string of the molecule is N#Cc1cc(C#N)c2c(O)cc(=O)c(=O)[nH]c2c1C#N. The highest BCUT2D eigenvalue weighted by atomic mass is 16.3. The van der Waals surface area contributed by atoms with Gasteiger partial charge in [0, 0.05) is 6.07 Å². The van der Waals surface area contributed by atoms with Crippen molar-refractivity contribution in [3.8, 4) is 24.0 Å². The quantitative estimate of drug-likeness (QED) is 0.651. The van der Waals surface area contributed by atoms with Crippen LogP contribution in [-0.2, 0) is 0 Å². The van der Waals surface area contributed by atoms with E-state index in [-0.39, 0.29) is 27.6 Å². The van der Waals surface area contributed by atoms with Crippen LogP contribution in [-0.4, -0.2) is 10.1 Å².